The fraction of sp³-hybridized carbons (Fsp3) is 0. The maximum Gasteiger partial charge on any atom is 0.169 e. The highest BCUT2D eigenvalue weighted by atomic mass is 127. The van der Waals surface area contributed by atoms with Gasteiger partial charge < -0.3 is 5.11 Å². The van der Waals surface area contributed by atoms with Crippen LogP contribution in [-0.4, -0.2) is 16.4 Å². The zero-order chi connectivity index (χ0) is 7.56. The number of carbonyl (C=O) groups excluding carboxylic acids is 1. The van der Waals surface area contributed by atoms with Crippen molar-refractivity contribution in [3.8, 4) is 5.75 Å². The molecule has 0 bridgehead atoms. The van der Waals surface area contributed by atoms with Gasteiger partial charge in [0.2, 0.25) is 0 Å². The molecule has 0 aliphatic rings. The number of pyridine rings is 1. The van der Waals surface area contributed by atoms with E-state index in [9.17, 15) is 4.79 Å². The van der Waals surface area contributed by atoms with Crippen LogP contribution in [-0.2, 0) is 0 Å². The van der Waals surface area contributed by atoms with Gasteiger partial charge in [0.1, 0.15) is 11.4 Å². The SMILES string of the molecule is O=Cc1ncc(O)cc1I. The summed E-state index contributed by atoms with van der Waals surface area (Å²) in [5.74, 6) is 0.0787. The second kappa shape index (κ2) is 2.96. The van der Waals surface area contributed by atoms with Crippen molar-refractivity contribution in [1.82, 2.24) is 4.98 Å². The van der Waals surface area contributed by atoms with Crippen LogP contribution in [0.5, 0.6) is 5.75 Å². The van der Waals surface area contributed by atoms with Gasteiger partial charge in [-0.1, -0.05) is 0 Å². The molecule has 10 heavy (non-hydrogen) atoms. The Morgan fingerprint density at radius 2 is 2.40 bits per heavy atom. The zero-order valence-corrected chi connectivity index (χ0v) is 7.07. The fourth-order valence-corrected chi connectivity index (χ4v) is 1.11. The molecule has 0 saturated carbocycles. The van der Waals surface area contributed by atoms with E-state index in [0.717, 1.165) is 0 Å². The van der Waals surface area contributed by atoms with Crippen LogP contribution in [0.1, 0.15) is 10.5 Å². The van der Waals surface area contributed by atoms with Crippen molar-refractivity contribution in [3.63, 3.8) is 0 Å². The summed E-state index contributed by atoms with van der Waals surface area (Å²) in [4.78, 5) is 13.9. The summed E-state index contributed by atoms with van der Waals surface area (Å²) >= 11 is 1.93. The molecule has 0 amide bonds. The lowest BCUT2D eigenvalue weighted by Crippen LogP contribution is -1.89. The van der Waals surface area contributed by atoms with Gasteiger partial charge in [0.25, 0.3) is 0 Å². The summed E-state index contributed by atoms with van der Waals surface area (Å²) in [5, 5.41) is 8.85. The molecular weight excluding hydrogens is 245 g/mol. The minimum Gasteiger partial charge on any atom is -0.506 e. The molecule has 1 aromatic heterocycles. The van der Waals surface area contributed by atoms with Gasteiger partial charge in [0, 0.05) is 3.57 Å². The van der Waals surface area contributed by atoms with Crippen molar-refractivity contribution in [2.24, 2.45) is 0 Å². The van der Waals surface area contributed by atoms with Gasteiger partial charge in [0.15, 0.2) is 6.29 Å². The summed E-state index contributed by atoms with van der Waals surface area (Å²) in [6.07, 6.45) is 1.90. The number of aromatic hydroxyl groups is 1. The Balaban J connectivity index is 3.19. The summed E-state index contributed by atoms with van der Waals surface area (Å²) in [7, 11) is 0. The number of aldehydes is 1. The maximum atomic E-state index is 10.2. The highest BCUT2D eigenvalue weighted by Crippen LogP contribution is 2.13. The Kier molecular flexibility index (Phi) is 2.21. The number of rotatable bonds is 1. The summed E-state index contributed by atoms with van der Waals surface area (Å²) in [6, 6.07) is 1.48. The first-order valence-electron chi connectivity index (χ1n) is 2.53. The first-order valence-corrected chi connectivity index (χ1v) is 3.61. The molecule has 0 aliphatic heterocycles. The van der Waals surface area contributed by atoms with E-state index in [1.807, 2.05) is 22.6 Å². The lowest BCUT2D eigenvalue weighted by atomic mass is 10.4. The highest BCUT2D eigenvalue weighted by Gasteiger charge is 1.98. The second-order valence-electron chi connectivity index (χ2n) is 1.68. The lowest BCUT2D eigenvalue weighted by Gasteiger charge is -1.94. The summed E-state index contributed by atoms with van der Waals surface area (Å²) < 4.78 is 0.660. The smallest absolute Gasteiger partial charge is 0.169 e. The Labute approximate surface area is 71.2 Å². The van der Waals surface area contributed by atoms with Crippen molar-refractivity contribution in [1.29, 1.82) is 0 Å². The molecule has 0 saturated heterocycles. The second-order valence-corrected chi connectivity index (χ2v) is 2.84. The highest BCUT2D eigenvalue weighted by molar-refractivity contribution is 14.1. The van der Waals surface area contributed by atoms with Crippen LogP contribution in [0.4, 0.5) is 0 Å². The van der Waals surface area contributed by atoms with Gasteiger partial charge in [-0.3, -0.25) is 4.79 Å². The third-order valence-corrected chi connectivity index (χ3v) is 1.83. The molecule has 0 radical (unpaired) electrons. The van der Waals surface area contributed by atoms with E-state index in [1.165, 1.54) is 12.3 Å². The number of hydrogen-bond acceptors (Lipinski definition) is 3. The van der Waals surface area contributed by atoms with Crippen molar-refractivity contribution >= 4 is 28.9 Å². The predicted molar refractivity (Wildman–Crippen MR) is 44.0 cm³/mol. The van der Waals surface area contributed by atoms with E-state index in [-0.39, 0.29) is 5.75 Å². The van der Waals surface area contributed by atoms with E-state index in [0.29, 0.717) is 15.6 Å². The molecule has 1 aromatic rings. The Bertz CT molecular complexity index is 262. The van der Waals surface area contributed by atoms with Crippen molar-refractivity contribution in [2.45, 2.75) is 0 Å². The van der Waals surface area contributed by atoms with E-state index in [2.05, 4.69) is 4.98 Å². The van der Waals surface area contributed by atoms with Crippen LogP contribution in [0.15, 0.2) is 12.3 Å². The lowest BCUT2D eigenvalue weighted by molar-refractivity contribution is 0.111. The van der Waals surface area contributed by atoms with Crippen LogP contribution in [0, 0.1) is 3.57 Å². The number of hydrogen-bond donors (Lipinski definition) is 1. The molecule has 4 heteroatoms. The van der Waals surface area contributed by atoms with Gasteiger partial charge >= 0.3 is 0 Å². The average Bonchev–Trinajstić information content (AvgIpc) is 1.88. The van der Waals surface area contributed by atoms with Crippen LogP contribution < -0.4 is 0 Å². The molecule has 0 spiro atoms. The Morgan fingerprint density at radius 3 is 2.90 bits per heavy atom. The minimum atomic E-state index is 0.0787. The van der Waals surface area contributed by atoms with Gasteiger partial charge in [-0.05, 0) is 28.7 Å². The standard InChI is InChI=1S/C6H4INO2/c7-5-1-4(10)2-8-6(5)3-9/h1-3,10H. The molecule has 1 N–H and O–H groups in total. The van der Waals surface area contributed by atoms with E-state index >= 15 is 0 Å². The van der Waals surface area contributed by atoms with E-state index in [1.54, 1.807) is 0 Å². The molecule has 52 valence electrons. The molecule has 0 atom stereocenters. The van der Waals surface area contributed by atoms with Crippen molar-refractivity contribution < 1.29 is 9.90 Å². The topological polar surface area (TPSA) is 50.2 Å². The number of aromatic nitrogens is 1. The summed E-state index contributed by atoms with van der Waals surface area (Å²) in [5.41, 5.74) is 0.360. The molecule has 1 rings (SSSR count). The van der Waals surface area contributed by atoms with E-state index < -0.39 is 0 Å². The first-order chi connectivity index (χ1) is 4.74. The molecule has 0 aliphatic carbocycles. The average molecular weight is 249 g/mol. The molecule has 0 fully saturated rings. The number of nitrogens with zero attached hydrogens (tertiary/aromatic N) is 1. The first kappa shape index (κ1) is 7.46. The van der Waals surface area contributed by atoms with Crippen LogP contribution in [0.2, 0.25) is 0 Å². The predicted octanol–water partition coefficient (Wildman–Crippen LogP) is 1.20. The zero-order valence-electron chi connectivity index (χ0n) is 4.91. The molecule has 0 unspecified atom stereocenters. The number of carbonyl (C=O) groups is 1. The normalized spacial score (nSPS) is 9.30. The van der Waals surface area contributed by atoms with Crippen LogP contribution >= 0.6 is 22.6 Å². The van der Waals surface area contributed by atoms with Crippen LogP contribution in [0.25, 0.3) is 0 Å². The van der Waals surface area contributed by atoms with Gasteiger partial charge in [-0.25, -0.2) is 4.98 Å². The number of halogens is 1. The monoisotopic (exact) mass is 249 g/mol. The molecular formula is C6H4INO2. The third kappa shape index (κ3) is 1.44. The Morgan fingerprint density at radius 1 is 1.70 bits per heavy atom. The molecule has 1 heterocycles. The maximum absolute atomic E-state index is 10.2. The molecule has 0 aromatic carbocycles. The van der Waals surface area contributed by atoms with Gasteiger partial charge in [-0.15, -0.1) is 0 Å². The Hall–Kier alpha value is -0.650. The van der Waals surface area contributed by atoms with Crippen molar-refractivity contribution in [2.75, 3.05) is 0 Å². The van der Waals surface area contributed by atoms with Gasteiger partial charge in [-0.2, -0.15) is 0 Å². The van der Waals surface area contributed by atoms with Crippen molar-refractivity contribution in [3.05, 3.63) is 21.5 Å². The van der Waals surface area contributed by atoms with Crippen LogP contribution in [0.3, 0.4) is 0 Å². The fourth-order valence-electron chi connectivity index (χ4n) is 0.525. The quantitative estimate of drug-likeness (QED) is 0.601. The summed E-state index contributed by atoms with van der Waals surface area (Å²) in [6.45, 7) is 0. The van der Waals surface area contributed by atoms with Gasteiger partial charge in [0.05, 0.1) is 6.20 Å². The molecule has 3 nitrogen and oxygen atoms in total. The minimum absolute atomic E-state index is 0.0787. The third-order valence-electron chi connectivity index (χ3n) is 0.967. The largest absolute Gasteiger partial charge is 0.506 e. The van der Waals surface area contributed by atoms with E-state index in [4.69, 9.17) is 5.11 Å².